The second-order valence-electron chi connectivity index (χ2n) is 5.23. The predicted octanol–water partition coefficient (Wildman–Crippen LogP) is 0.531. The first-order chi connectivity index (χ1) is 10.3. The zero-order valence-corrected chi connectivity index (χ0v) is 12.7. The van der Waals surface area contributed by atoms with Gasteiger partial charge in [-0.15, -0.1) is 0 Å². The molecule has 22 heavy (non-hydrogen) atoms. The summed E-state index contributed by atoms with van der Waals surface area (Å²) < 4.78 is 5.03. The van der Waals surface area contributed by atoms with E-state index in [1.165, 1.54) is 24.3 Å². The van der Waals surface area contributed by atoms with Crippen LogP contribution in [0.1, 0.15) is 34.6 Å². The number of rotatable bonds is 6. The van der Waals surface area contributed by atoms with Crippen LogP contribution >= 0.6 is 0 Å². The Morgan fingerprint density at radius 1 is 1.09 bits per heavy atom. The van der Waals surface area contributed by atoms with Gasteiger partial charge in [0, 0.05) is 5.41 Å². The molecule has 1 aromatic rings. The molecule has 0 bridgehead atoms. The lowest BCUT2D eigenvalue weighted by Crippen LogP contribution is -2.25. The van der Waals surface area contributed by atoms with Crippen LogP contribution < -0.4 is 0 Å². The van der Waals surface area contributed by atoms with Crippen molar-refractivity contribution in [2.75, 3.05) is 26.4 Å². The van der Waals surface area contributed by atoms with Gasteiger partial charge in [-0.3, -0.25) is 0 Å². The minimum atomic E-state index is -1.10. The summed E-state index contributed by atoms with van der Waals surface area (Å²) in [7, 11) is 0. The summed E-state index contributed by atoms with van der Waals surface area (Å²) in [6.07, 6.45) is 0. The zero-order valence-electron chi connectivity index (χ0n) is 12.7. The summed E-state index contributed by atoms with van der Waals surface area (Å²) in [6.45, 7) is 3.23. The molecule has 0 aliphatic carbocycles. The second-order valence-corrected chi connectivity index (χ2v) is 5.23. The zero-order chi connectivity index (χ0) is 17.2. The Bertz CT molecular complexity index is 481. The maximum atomic E-state index is 11.7. The highest BCUT2D eigenvalue weighted by molar-refractivity contribution is 5.94. The standard InChI is InChI=1S/C13H16O5.C2H6O2/c1-13(2,7-14)8-18-12(17)10-5-3-4-9(6-10)11(15)16;3-1-2-4/h3-6,14H,7-8H2,1-2H3,(H,15,16);3-4H,1-2H2. The van der Waals surface area contributed by atoms with Crippen molar-refractivity contribution in [3.8, 4) is 0 Å². The van der Waals surface area contributed by atoms with Crippen molar-refractivity contribution in [1.82, 2.24) is 0 Å². The van der Waals surface area contributed by atoms with Crippen LogP contribution in [0.3, 0.4) is 0 Å². The van der Waals surface area contributed by atoms with Crippen LogP contribution in [-0.4, -0.2) is 58.8 Å². The molecule has 0 aliphatic heterocycles. The Labute approximate surface area is 128 Å². The van der Waals surface area contributed by atoms with Crippen molar-refractivity contribution in [1.29, 1.82) is 0 Å². The van der Waals surface area contributed by atoms with E-state index in [0.29, 0.717) is 0 Å². The largest absolute Gasteiger partial charge is 0.478 e. The quantitative estimate of drug-likeness (QED) is 0.564. The topological polar surface area (TPSA) is 124 Å². The van der Waals surface area contributed by atoms with Gasteiger partial charge in [-0.2, -0.15) is 0 Å². The van der Waals surface area contributed by atoms with Crippen molar-refractivity contribution in [3.05, 3.63) is 35.4 Å². The molecule has 0 amide bonds. The lowest BCUT2D eigenvalue weighted by Gasteiger charge is -2.20. The summed E-state index contributed by atoms with van der Waals surface area (Å²) in [5, 5.41) is 33.1. The Balaban J connectivity index is 0.000000980. The van der Waals surface area contributed by atoms with Crippen molar-refractivity contribution in [3.63, 3.8) is 0 Å². The molecule has 7 nitrogen and oxygen atoms in total. The molecular weight excluding hydrogens is 292 g/mol. The smallest absolute Gasteiger partial charge is 0.338 e. The fraction of sp³-hybridized carbons (Fsp3) is 0.467. The predicted molar refractivity (Wildman–Crippen MR) is 78.7 cm³/mol. The van der Waals surface area contributed by atoms with Gasteiger partial charge in [0.25, 0.3) is 0 Å². The van der Waals surface area contributed by atoms with Crippen LogP contribution in [0.4, 0.5) is 0 Å². The number of carboxylic acid groups (broad SMARTS) is 1. The summed E-state index contributed by atoms with van der Waals surface area (Å²) in [5.41, 5.74) is -0.297. The number of ether oxygens (including phenoxy) is 1. The normalized spacial score (nSPS) is 10.4. The van der Waals surface area contributed by atoms with E-state index in [1.807, 2.05) is 0 Å². The number of aromatic carboxylic acids is 1. The fourth-order valence-electron chi connectivity index (χ4n) is 1.17. The Morgan fingerprint density at radius 3 is 2.09 bits per heavy atom. The molecule has 0 saturated heterocycles. The number of hydrogen-bond acceptors (Lipinski definition) is 6. The maximum absolute atomic E-state index is 11.7. The van der Waals surface area contributed by atoms with Crippen LogP contribution in [-0.2, 0) is 4.74 Å². The van der Waals surface area contributed by atoms with Gasteiger partial charge in [0.15, 0.2) is 0 Å². The molecule has 0 fully saturated rings. The highest BCUT2D eigenvalue weighted by atomic mass is 16.5. The van der Waals surface area contributed by atoms with Crippen LogP contribution in [0.25, 0.3) is 0 Å². The number of esters is 1. The minimum absolute atomic E-state index is 0.0332. The third-order valence-corrected chi connectivity index (χ3v) is 2.47. The second kappa shape index (κ2) is 9.88. The van der Waals surface area contributed by atoms with E-state index in [1.54, 1.807) is 13.8 Å². The summed E-state index contributed by atoms with van der Waals surface area (Å²) in [6, 6.07) is 5.63. The third kappa shape index (κ3) is 7.72. The molecule has 0 atom stereocenters. The Kier molecular flexibility index (Phi) is 9.00. The lowest BCUT2D eigenvalue weighted by molar-refractivity contribution is 0.0218. The van der Waals surface area contributed by atoms with Gasteiger partial charge in [-0.25, -0.2) is 9.59 Å². The van der Waals surface area contributed by atoms with Crippen molar-refractivity contribution in [2.45, 2.75) is 13.8 Å². The first-order valence-electron chi connectivity index (χ1n) is 6.60. The van der Waals surface area contributed by atoms with Crippen molar-refractivity contribution in [2.24, 2.45) is 5.41 Å². The number of hydrogen-bond donors (Lipinski definition) is 4. The van der Waals surface area contributed by atoms with Crippen LogP contribution in [0.15, 0.2) is 24.3 Å². The molecule has 0 aromatic heterocycles. The summed E-state index contributed by atoms with van der Waals surface area (Å²) in [5.74, 6) is -1.69. The number of benzene rings is 1. The van der Waals surface area contributed by atoms with E-state index < -0.39 is 17.4 Å². The first-order valence-corrected chi connectivity index (χ1v) is 6.60. The number of aliphatic hydroxyl groups is 3. The van der Waals surface area contributed by atoms with E-state index in [-0.39, 0.29) is 37.6 Å². The molecule has 1 aromatic carbocycles. The summed E-state index contributed by atoms with van der Waals surface area (Å²) >= 11 is 0. The maximum Gasteiger partial charge on any atom is 0.338 e. The molecule has 0 spiro atoms. The van der Waals surface area contributed by atoms with Gasteiger partial charge in [0.05, 0.1) is 37.6 Å². The highest BCUT2D eigenvalue weighted by Gasteiger charge is 2.20. The van der Waals surface area contributed by atoms with Crippen molar-refractivity contribution < 1.29 is 34.8 Å². The molecule has 4 N–H and O–H groups in total. The lowest BCUT2D eigenvalue weighted by atomic mass is 9.96. The summed E-state index contributed by atoms with van der Waals surface area (Å²) in [4.78, 5) is 22.4. The van der Waals surface area contributed by atoms with Gasteiger partial charge in [0.2, 0.25) is 0 Å². The van der Waals surface area contributed by atoms with Crippen LogP contribution in [0.5, 0.6) is 0 Å². The van der Waals surface area contributed by atoms with E-state index in [4.69, 9.17) is 25.2 Å². The van der Waals surface area contributed by atoms with Gasteiger partial charge >= 0.3 is 11.9 Å². The number of carboxylic acids is 1. The minimum Gasteiger partial charge on any atom is -0.478 e. The molecular formula is C15H22O7. The van der Waals surface area contributed by atoms with Gasteiger partial charge in [-0.1, -0.05) is 19.9 Å². The van der Waals surface area contributed by atoms with E-state index >= 15 is 0 Å². The van der Waals surface area contributed by atoms with Gasteiger partial charge in [-0.05, 0) is 18.2 Å². The number of carbonyl (C=O) groups excluding carboxylic acids is 1. The monoisotopic (exact) mass is 314 g/mol. The molecule has 0 heterocycles. The highest BCUT2D eigenvalue weighted by Crippen LogP contribution is 2.15. The number of aliphatic hydroxyl groups excluding tert-OH is 3. The average Bonchev–Trinajstić information content (AvgIpc) is 2.53. The molecule has 0 aliphatic rings. The van der Waals surface area contributed by atoms with Crippen LogP contribution in [0.2, 0.25) is 0 Å². The van der Waals surface area contributed by atoms with Gasteiger partial charge < -0.3 is 25.2 Å². The third-order valence-electron chi connectivity index (χ3n) is 2.47. The van der Waals surface area contributed by atoms with Crippen molar-refractivity contribution >= 4 is 11.9 Å². The van der Waals surface area contributed by atoms with Crippen LogP contribution in [0, 0.1) is 5.41 Å². The molecule has 0 unspecified atom stereocenters. The molecule has 124 valence electrons. The van der Waals surface area contributed by atoms with E-state index in [0.717, 1.165) is 0 Å². The van der Waals surface area contributed by atoms with Gasteiger partial charge in [0.1, 0.15) is 0 Å². The first kappa shape index (κ1) is 20.0. The Hall–Kier alpha value is -1.96. The van der Waals surface area contributed by atoms with E-state index in [2.05, 4.69) is 0 Å². The average molecular weight is 314 g/mol. The SMILES string of the molecule is CC(C)(CO)COC(=O)c1cccc(C(=O)O)c1.OCCO. The molecule has 7 heteroatoms. The van der Waals surface area contributed by atoms with E-state index in [9.17, 15) is 9.59 Å². The number of carbonyl (C=O) groups is 2. The fourth-order valence-corrected chi connectivity index (χ4v) is 1.17. The Morgan fingerprint density at radius 2 is 1.64 bits per heavy atom. The molecule has 0 saturated carbocycles. The molecule has 1 rings (SSSR count). The molecule has 0 radical (unpaired) electrons.